The van der Waals surface area contributed by atoms with Gasteiger partial charge in [0.1, 0.15) is 12.5 Å². The van der Waals surface area contributed by atoms with E-state index >= 15 is 0 Å². The van der Waals surface area contributed by atoms with Crippen LogP contribution in [0.25, 0.3) is 0 Å². The number of nitrogens with two attached hydrogens (primary N) is 1. The molecule has 0 aliphatic carbocycles. The third-order valence-corrected chi connectivity index (χ3v) is 0.964. The molecule has 1 heterocycles. The Kier molecular flexibility index (Phi) is 1.66. The Bertz CT molecular complexity index is 282. The number of halogens is 1. The molecule has 54 valence electrons. The number of aromatic amines is 1. The summed E-state index contributed by atoms with van der Waals surface area (Å²) in [5.74, 6) is 0.0383. The second kappa shape index (κ2) is 2.47. The molecule has 0 fully saturated rings. The number of nitrogens with one attached hydrogen (secondary N) is 1. The minimum atomic E-state index is -0.734. The summed E-state index contributed by atoms with van der Waals surface area (Å²) in [6.45, 7) is -0.734. The first-order chi connectivity index (χ1) is 4.72. The highest BCUT2D eigenvalue weighted by atomic mass is 19.1. The zero-order chi connectivity index (χ0) is 7.56. The predicted octanol–water partition coefficient (Wildman–Crippen LogP) is -0.178. The van der Waals surface area contributed by atoms with Crippen LogP contribution in [0.15, 0.2) is 10.9 Å². The van der Waals surface area contributed by atoms with Gasteiger partial charge < -0.3 is 10.7 Å². The zero-order valence-electron chi connectivity index (χ0n) is 5.10. The molecule has 0 bridgehead atoms. The lowest BCUT2D eigenvalue weighted by atomic mass is 10.4. The number of hydrogen-bond donors (Lipinski definition) is 2. The van der Waals surface area contributed by atoms with Crippen LogP contribution in [0, 0.1) is 0 Å². The predicted molar refractivity (Wildman–Crippen MR) is 34.1 cm³/mol. The summed E-state index contributed by atoms with van der Waals surface area (Å²) in [4.78, 5) is 15.9. The maximum absolute atomic E-state index is 11.8. The number of H-pyrrole nitrogens is 1. The Morgan fingerprint density at radius 1 is 1.80 bits per heavy atom. The summed E-state index contributed by atoms with van der Waals surface area (Å²) in [7, 11) is 0. The molecular weight excluding hydrogens is 137 g/mol. The van der Waals surface area contributed by atoms with E-state index in [2.05, 4.69) is 9.97 Å². The molecule has 5 heteroatoms. The maximum atomic E-state index is 11.8. The summed E-state index contributed by atoms with van der Waals surface area (Å²) < 4.78 is 11.8. The van der Waals surface area contributed by atoms with Gasteiger partial charge in [-0.05, 0) is 0 Å². The van der Waals surface area contributed by atoms with Crippen molar-refractivity contribution in [3.63, 3.8) is 0 Å². The summed E-state index contributed by atoms with van der Waals surface area (Å²) in [5, 5.41) is 0. The second-order valence-corrected chi connectivity index (χ2v) is 1.77. The fourth-order valence-corrected chi connectivity index (χ4v) is 0.601. The molecule has 0 saturated heterocycles. The van der Waals surface area contributed by atoms with Crippen molar-refractivity contribution in [3.05, 3.63) is 22.2 Å². The van der Waals surface area contributed by atoms with Crippen molar-refractivity contribution >= 4 is 5.82 Å². The lowest BCUT2D eigenvalue weighted by Gasteiger charge is -1.93. The van der Waals surface area contributed by atoms with Crippen LogP contribution < -0.4 is 11.4 Å². The molecule has 0 radical (unpaired) electrons. The third kappa shape index (κ3) is 1.31. The van der Waals surface area contributed by atoms with Gasteiger partial charge in [-0.15, -0.1) is 0 Å². The number of nitrogen functional groups attached to an aromatic ring is 1. The van der Waals surface area contributed by atoms with E-state index in [0.29, 0.717) is 0 Å². The van der Waals surface area contributed by atoms with Crippen molar-refractivity contribution in [2.45, 2.75) is 6.67 Å². The van der Waals surface area contributed by atoms with E-state index in [1.165, 1.54) is 6.07 Å². The van der Waals surface area contributed by atoms with Crippen LogP contribution in [0.5, 0.6) is 0 Å². The van der Waals surface area contributed by atoms with E-state index < -0.39 is 12.4 Å². The normalized spacial score (nSPS) is 9.70. The van der Waals surface area contributed by atoms with Crippen LogP contribution in [-0.4, -0.2) is 9.97 Å². The van der Waals surface area contributed by atoms with E-state index in [4.69, 9.17) is 5.73 Å². The van der Waals surface area contributed by atoms with Gasteiger partial charge in [0.15, 0.2) is 0 Å². The van der Waals surface area contributed by atoms with Gasteiger partial charge in [0.2, 0.25) is 0 Å². The van der Waals surface area contributed by atoms with E-state index in [0.717, 1.165) is 0 Å². The molecule has 0 aliphatic heterocycles. The molecule has 4 nitrogen and oxygen atoms in total. The lowest BCUT2D eigenvalue weighted by Crippen LogP contribution is -2.13. The Labute approximate surface area is 55.9 Å². The number of alkyl halides is 1. The molecule has 1 rings (SSSR count). The molecule has 3 N–H and O–H groups in total. The molecule has 0 atom stereocenters. The molecule has 0 aliphatic rings. The van der Waals surface area contributed by atoms with Crippen LogP contribution in [0.3, 0.4) is 0 Å². The largest absolute Gasteiger partial charge is 0.383 e. The summed E-state index contributed by atoms with van der Waals surface area (Å²) in [6.07, 6.45) is 0. The zero-order valence-corrected chi connectivity index (χ0v) is 5.10. The Balaban J connectivity index is 3.19. The van der Waals surface area contributed by atoms with Crippen molar-refractivity contribution < 1.29 is 4.39 Å². The molecule has 0 unspecified atom stereocenters. The van der Waals surface area contributed by atoms with Crippen molar-refractivity contribution in [3.8, 4) is 0 Å². The van der Waals surface area contributed by atoms with Gasteiger partial charge in [-0.1, -0.05) is 0 Å². The molecule has 10 heavy (non-hydrogen) atoms. The quantitative estimate of drug-likeness (QED) is 0.572. The van der Waals surface area contributed by atoms with Gasteiger partial charge in [0.25, 0.3) is 0 Å². The van der Waals surface area contributed by atoms with Gasteiger partial charge in [0, 0.05) is 6.07 Å². The number of hydrogen-bond acceptors (Lipinski definition) is 3. The number of aromatic nitrogens is 2. The first-order valence-electron chi connectivity index (χ1n) is 2.64. The van der Waals surface area contributed by atoms with Crippen LogP contribution in [0.4, 0.5) is 10.2 Å². The SMILES string of the molecule is Nc1cc(CF)[nH]c(=O)n1. The number of anilines is 1. The van der Waals surface area contributed by atoms with Gasteiger partial charge >= 0.3 is 5.69 Å². The summed E-state index contributed by atoms with van der Waals surface area (Å²) in [5.41, 5.74) is 4.67. The first kappa shape index (κ1) is 6.73. The van der Waals surface area contributed by atoms with Crippen LogP contribution in [0.1, 0.15) is 5.69 Å². The molecule has 0 saturated carbocycles. The van der Waals surface area contributed by atoms with E-state index in [9.17, 15) is 9.18 Å². The minimum absolute atomic E-state index is 0.0383. The van der Waals surface area contributed by atoms with Crippen LogP contribution in [-0.2, 0) is 6.67 Å². The number of nitrogens with zero attached hydrogens (tertiary/aromatic N) is 1. The third-order valence-electron chi connectivity index (χ3n) is 0.964. The van der Waals surface area contributed by atoms with Crippen molar-refractivity contribution in [2.75, 3.05) is 5.73 Å². The van der Waals surface area contributed by atoms with Crippen LogP contribution >= 0.6 is 0 Å². The Hall–Kier alpha value is -1.39. The van der Waals surface area contributed by atoms with Gasteiger partial charge in [-0.3, -0.25) is 0 Å². The summed E-state index contributed by atoms with van der Waals surface area (Å²) in [6, 6.07) is 1.28. The fraction of sp³-hybridized carbons (Fsp3) is 0.200. The monoisotopic (exact) mass is 143 g/mol. The molecule has 0 amide bonds. The van der Waals surface area contributed by atoms with Crippen LogP contribution in [0.2, 0.25) is 0 Å². The highest BCUT2D eigenvalue weighted by Crippen LogP contribution is 1.96. The standard InChI is InChI=1S/C5H6FN3O/c6-2-3-1-4(7)9-5(10)8-3/h1H,2H2,(H3,7,8,9,10). The van der Waals surface area contributed by atoms with E-state index in [-0.39, 0.29) is 11.5 Å². The van der Waals surface area contributed by atoms with E-state index in [1.54, 1.807) is 0 Å². The van der Waals surface area contributed by atoms with Gasteiger partial charge in [-0.2, -0.15) is 4.98 Å². The van der Waals surface area contributed by atoms with E-state index in [1.807, 2.05) is 0 Å². The smallest absolute Gasteiger partial charge is 0.347 e. The number of rotatable bonds is 1. The molecule has 0 spiro atoms. The second-order valence-electron chi connectivity index (χ2n) is 1.77. The van der Waals surface area contributed by atoms with Crippen molar-refractivity contribution in [1.29, 1.82) is 0 Å². The molecule has 1 aromatic rings. The Morgan fingerprint density at radius 3 is 3.00 bits per heavy atom. The Morgan fingerprint density at radius 2 is 2.50 bits per heavy atom. The molecule has 0 aromatic carbocycles. The van der Waals surface area contributed by atoms with Crippen molar-refractivity contribution in [1.82, 2.24) is 9.97 Å². The average Bonchev–Trinajstić information content (AvgIpc) is 1.85. The topological polar surface area (TPSA) is 71.8 Å². The fourth-order valence-electron chi connectivity index (χ4n) is 0.601. The van der Waals surface area contributed by atoms with Crippen molar-refractivity contribution in [2.24, 2.45) is 0 Å². The molecular formula is C5H6FN3O. The lowest BCUT2D eigenvalue weighted by molar-refractivity contribution is 0.474. The maximum Gasteiger partial charge on any atom is 0.347 e. The van der Waals surface area contributed by atoms with Gasteiger partial charge in [0.05, 0.1) is 5.69 Å². The first-order valence-corrected chi connectivity index (χ1v) is 2.64. The summed E-state index contributed by atoms with van der Waals surface area (Å²) >= 11 is 0. The van der Waals surface area contributed by atoms with Gasteiger partial charge in [-0.25, -0.2) is 9.18 Å². The average molecular weight is 143 g/mol. The highest BCUT2D eigenvalue weighted by Gasteiger charge is 1.94. The highest BCUT2D eigenvalue weighted by molar-refractivity contribution is 5.27. The molecule has 1 aromatic heterocycles. The minimum Gasteiger partial charge on any atom is -0.383 e.